The highest BCUT2D eigenvalue weighted by Crippen LogP contribution is 2.18. The SMILES string of the molecule is CCOC(=O)C(C)S(=O)(=O)N(C)c1ccccc1. The number of anilines is 1. The van der Waals surface area contributed by atoms with Gasteiger partial charge >= 0.3 is 5.97 Å². The van der Waals surface area contributed by atoms with Gasteiger partial charge in [-0.05, 0) is 26.0 Å². The van der Waals surface area contributed by atoms with Crippen molar-refractivity contribution in [2.24, 2.45) is 0 Å². The van der Waals surface area contributed by atoms with Gasteiger partial charge < -0.3 is 4.74 Å². The number of hydrogen-bond acceptors (Lipinski definition) is 4. The Kier molecular flexibility index (Phi) is 4.72. The van der Waals surface area contributed by atoms with Crippen LogP contribution in [0.2, 0.25) is 0 Å². The van der Waals surface area contributed by atoms with Crippen LogP contribution >= 0.6 is 0 Å². The molecular formula is C12H17NO4S. The van der Waals surface area contributed by atoms with Crippen molar-refractivity contribution < 1.29 is 17.9 Å². The number of para-hydroxylation sites is 1. The van der Waals surface area contributed by atoms with Crippen molar-refractivity contribution in [3.05, 3.63) is 30.3 Å². The zero-order valence-corrected chi connectivity index (χ0v) is 11.5. The molecule has 0 aromatic heterocycles. The topological polar surface area (TPSA) is 63.7 Å². The normalized spacial score (nSPS) is 12.8. The van der Waals surface area contributed by atoms with Crippen molar-refractivity contribution in [1.29, 1.82) is 0 Å². The van der Waals surface area contributed by atoms with Gasteiger partial charge in [-0.1, -0.05) is 18.2 Å². The van der Waals surface area contributed by atoms with Crippen LogP contribution in [0, 0.1) is 0 Å². The van der Waals surface area contributed by atoms with Crippen molar-refractivity contribution in [2.45, 2.75) is 19.1 Å². The van der Waals surface area contributed by atoms with Crippen molar-refractivity contribution in [3.63, 3.8) is 0 Å². The fourth-order valence-corrected chi connectivity index (χ4v) is 2.60. The summed E-state index contributed by atoms with van der Waals surface area (Å²) in [6.45, 7) is 3.12. The van der Waals surface area contributed by atoms with Gasteiger partial charge in [-0.25, -0.2) is 8.42 Å². The maximum Gasteiger partial charge on any atom is 0.325 e. The van der Waals surface area contributed by atoms with Crippen molar-refractivity contribution in [2.75, 3.05) is 18.0 Å². The summed E-state index contributed by atoms with van der Waals surface area (Å²) in [5.74, 6) is -0.736. The Balaban J connectivity index is 2.97. The average Bonchev–Trinajstić information content (AvgIpc) is 2.38. The van der Waals surface area contributed by atoms with Crippen LogP contribution in [-0.2, 0) is 19.6 Å². The molecule has 5 nitrogen and oxygen atoms in total. The fourth-order valence-electron chi connectivity index (χ4n) is 1.40. The van der Waals surface area contributed by atoms with Gasteiger partial charge in [0, 0.05) is 7.05 Å². The van der Waals surface area contributed by atoms with Gasteiger partial charge in [-0.2, -0.15) is 0 Å². The molecule has 1 atom stereocenters. The summed E-state index contributed by atoms with van der Waals surface area (Å²) < 4.78 is 30.2. The molecule has 0 aliphatic heterocycles. The predicted molar refractivity (Wildman–Crippen MR) is 69.9 cm³/mol. The van der Waals surface area contributed by atoms with Gasteiger partial charge in [0.15, 0.2) is 5.25 Å². The van der Waals surface area contributed by atoms with E-state index in [1.165, 1.54) is 14.0 Å². The maximum atomic E-state index is 12.2. The molecular weight excluding hydrogens is 254 g/mol. The van der Waals surface area contributed by atoms with Gasteiger partial charge in [0.25, 0.3) is 0 Å². The van der Waals surface area contributed by atoms with E-state index in [0.29, 0.717) is 5.69 Å². The number of hydrogen-bond donors (Lipinski definition) is 0. The number of carbonyl (C=O) groups is 1. The van der Waals surface area contributed by atoms with E-state index >= 15 is 0 Å². The summed E-state index contributed by atoms with van der Waals surface area (Å²) in [5.41, 5.74) is 0.508. The van der Waals surface area contributed by atoms with E-state index in [0.717, 1.165) is 4.31 Å². The number of ether oxygens (including phenoxy) is 1. The minimum absolute atomic E-state index is 0.160. The molecule has 100 valence electrons. The summed E-state index contributed by atoms with van der Waals surface area (Å²) in [6, 6.07) is 8.58. The first-order valence-electron chi connectivity index (χ1n) is 5.60. The predicted octanol–water partition coefficient (Wildman–Crippen LogP) is 1.40. The van der Waals surface area contributed by atoms with E-state index in [4.69, 9.17) is 4.74 Å². The van der Waals surface area contributed by atoms with Gasteiger partial charge in [0.05, 0.1) is 12.3 Å². The Morgan fingerprint density at radius 2 is 1.89 bits per heavy atom. The maximum absolute atomic E-state index is 12.2. The third-order valence-corrected chi connectivity index (χ3v) is 4.63. The van der Waals surface area contributed by atoms with Crippen LogP contribution in [0.4, 0.5) is 5.69 Å². The van der Waals surface area contributed by atoms with Gasteiger partial charge in [-0.15, -0.1) is 0 Å². The van der Waals surface area contributed by atoms with Crippen molar-refractivity contribution in [1.82, 2.24) is 0 Å². The highest BCUT2D eigenvalue weighted by molar-refractivity contribution is 7.94. The van der Waals surface area contributed by atoms with Crippen LogP contribution in [0.15, 0.2) is 30.3 Å². The summed E-state index contributed by atoms with van der Waals surface area (Å²) in [7, 11) is -2.34. The van der Waals surface area contributed by atoms with Gasteiger partial charge in [0.2, 0.25) is 10.0 Å². The smallest absolute Gasteiger partial charge is 0.325 e. The van der Waals surface area contributed by atoms with Crippen LogP contribution in [0.1, 0.15) is 13.8 Å². The molecule has 1 aromatic carbocycles. The molecule has 6 heteroatoms. The molecule has 0 saturated carbocycles. The lowest BCUT2D eigenvalue weighted by Gasteiger charge is -2.22. The molecule has 0 radical (unpaired) electrons. The molecule has 1 aromatic rings. The van der Waals surface area contributed by atoms with Gasteiger partial charge in [0.1, 0.15) is 0 Å². The van der Waals surface area contributed by atoms with Crippen molar-refractivity contribution in [3.8, 4) is 0 Å². The first kappa shape index (κ1) is 14.5. The first-order chi connectivity index (χ1) is 8.41. The van der Waals surface area contributed by atoms with Crippen LogP contribution < -0.4 is 4.31 Å². The fraction of sp³-hybridized carbons (Fsp3) is 0.417. The third kappa shape index (κ3) is 3.01. The Hall–Kier alpha value is -1.56. The molecule has 0 heterocycles. The molecule has 0 N–H and O–H groups in total. The number of nitrogens with zero attached hydrogens (tertiary/aromatic N) is 1. The van der Waals surface area contributed by atoms with E-state index in [2.05, 4.69) is 0 Å². The number of sulfonamides is 1. The molecule has 0 aliphatic rings. The standard InChI is InChI=1S/C12H17NO4S/c1-4-17-12(14)10(2)18(15,16)13(3)11-8-6-5-7-9-11/h5-10H,4H2,1-3H3. The lowest BCUT2D eigenvalue weighted by atomic mass is 10.3. The number of rotatable bonds is 5. The molecule has 0 fully saturated rings. The molecule has 1 rings (SSSR count). The molecule has 18 heavy (non-hydrogen) atoms. The Morgan fingerprint density at radius 3 is 2.39 bits per heavy atom. The molecule has 0 spiro atoms. The first-order valence-corrected chi connectivity index (χ1v) is 7.11. The molecule has 1 unspecified atom stereocenters. The number of benzene rings is 1. The highest BCUT2D eigenvalue weighted by Gasteiger charge is 2.33. The molecule has 0 aliphatic carbocycles. The lowest BCUT2D eigenvalue weighted by molar-refractivity contribution is -0.142. The van der Waals surface area contributed by atoms with Crippen LogP contribution in [-0.4, -0.2) is 33.3 Å². The summed E-state index contributed by atoms with van der Waals surface area (Å²) in [5, 5.41) is -1.22. The minimum atomic E-state index is -3.75. The summed E-state index contributed by atoms with van der Waals surface area (Å²) in [4.78, 5) is 11.5. The largest absolute Gasteiger partial charge is 0.465 e. The van der Waals surface area contributed by atoms with Crippen LogP contribution in [0.25, 0.3) is 0 Å². The lowest BCUT2D eigenvalue weighted by Crippen LogP contribution is -2.39. The quantitative estimate of drug-likeness (QED) is 0.759. The summed E-state index contributed by atoms with van der Waals surface area (Å²) >= 11 is 0. The second-order valence-electron chi connectivity index (χ2n) is 3.74. The van der Waals surface area contributed by atoms with Crippen LogP contribution in [0.3, 0.4) is 0 Å². The second kappa shape index (κ2) is 5.86. The van der Waals surface area contributed by atoms with E-state index in [9.17, 15) is 13.2 Å². The average molecular weight is 271 g/mol. The van der Waals surface area contributed by atoms with E-state index in [1.54, 1.807) is 37.3 Å². The number of carbonyl (C=O) groups excluding carboxylic acids is 1. The Morgan fingerprint density at radius 1 is 1.33 bits per heavy atom. The molecule has 0 amide bonds. The Labute approximate surface area is 107 Å². The third-order valence-electron chi connectivity index (χ3n) is 2.57. The van der Waals surface area contributed by atoms with E-state index < -0.39 is 21.2 Å². The second-order valence-corrected chi connectivity index (χ2v) is 6.03. The molecule has 0 bridgehead atoms. The van der Waals surface area contributed by atoms with E-state index in [1.807, 2.05) is 0 Å². The van der Waals surface area contributed by atoms with Gasteiger partial charge in [-0.3, -0.25) is 9.10 Å². The zero-order valence-electron chi connectivity index (χ0n) is 10.7. The monoisotopic (exact) mass is 271 g/mol. The van der Waals surface area contributed by atoms with Crippen molar-refractivity contribution >= 4 is 21.7 Å². The summed E-state index contributed by atoms with van der Waals surface area (Å²) in [6.07, 6.45) is 0. The highest BCUT2D eigenvalue weighted by atomic mass is 32.2. The molecule has 0 saturated heterocycles. The number of esters is 1. The Bertz CT molecular complexity index is 498. The zero-order chi connectivity index (χ0) is 13.8. The van der Waals surface area contributed by atoms with Crippen LogP contribution in [0.5, 0.6) is 0 Å². The minimum Gasteiger partial charge on any atom is -0.465 e. The van der Waals surface area contributed by atoms with E-state index in [-0.39, 0.29) is 6.61 Å².